The van der Waals surface area contributed by atoms with E-state index in [2.05, 4.69) is 10.6 Å². The fourth-order valence-electron chi connectivity index (χ4n) is 2.28. The van der Waals surface area contributed by atoms with Crippen LogP contribution in [0.4, 0.5) is 5.69 Å². The van der Waals surface area contributed by atoms with Gasteiger partial charge in [-0.2, -0.15) is 0 Å². The maximum absolute atomic E-state index is 11.9. The molecule has 110 valence electrons. The van der Waals surface area contributed by atoms with Crippen LogP contribution >= 0.6 is 0 Å². The highest BCUT2D eigenvalue weighted by atomic mass is 16.5. The first-order chi connectivity index (χ1) is 9.74. The molecule has 1 aliphatic carbocycles. The molecule has 0 spiro atoms. The Hall–Kier alpha value is -1.55. The zero-order chi connectivity index (χ0) is 14.4. The van der Waals surface area contributed by atoms with Crippen molar-refractivity contribution in [1.29, 1.82) is 0 Å². The van der Waals surface area contributed by atoms with Crippen LogP contribution in [0.5, 0.6) is 0 Å². The Morgan fingerprint density at radius 2 is 2.25 bits per heavy atom. The van der Waals surface area contributed by atoms with Gasteiger partial charge in [0, 0.05) is 24.9 Å². The minimum absolute atomic E-state index is 0.00906. The number of methoxy groups -OCH3 is 1. The van der Waals surface area contributed by atoms with Crippen molar-refractivity contribution in [1.82, 2.24) is 5.32 Å². The highest BCUT2D eigenvalue weighted by Gasteiger charge is 2.31. The first-order valence-electron chi connectivity index (χ1n) is 7.38. The second-order valence-electron chi connectivity index (χ2n) is 5.38. The molecule has 2 N–H and O–H groups in total. The van der Waals surface area contributed by atoms with Crippen LogP contribution in [0, 0.1) is 5.92 Å². The summed E-state index contributed by atoms with van der Waals surface area (Å²) in [6, 6.07) is 8.02. The van der Waals surface area contributed by atoms with Crippen molar-refractivity contribution < 1.29 is 9.53 Å². The first-order valence-corrected chi connectivity index (χ1v) is 7.38. The Balaban J connectivity index is 1.99. The summed E-state index contributed by atoms with van der Waals surface area (Å²) in [5.74, 6) is 0.692. The number of ether oxygens (including phenoxy) is 1. The molecule has 0 heterocycles. The van der Waals surface area contributed by atoms with Gasteiger partial charge >= 0.3 is 0 Å². The summed E-state index contributed by atoms with van der Waals surface area (Å²) in [6.45, 7) is 3.46. The molecule has 1 atom stereocenters. The number of benzene rings is 1. The Morgan fingerprint density at radius 3 is 2.90 bits per heavy atom. The molecule has 0 aromatic heterocycles. The van der Waals surface area contributed by atoms with Crippen LogP contribution in [0.15, 0.2) is 24.3 Å². The van der Waals surface area contributed by atoms with Crippen LogP contribution < -0.4 is 10.6 Å². The lowest BCUT2D eigenvalue weighted by Crippen LogP contribution is -2.27. The summed E-state index contributed by atoms with van der Waals surface area (Å²) in [5, 5.41) is 6.39. The smallest absolute Gasteiger partial charge is 0.251 e. The highest BCUT2D eigenvalue weighted by Crippen LogP contribution is 2.34. The summed E-state index contributed by atoms with van der Waals surface area (Å²) in [6.07, 6.45) is 3.47. The molecule has 4 heteroatoms. The molecule has 0 radical (unpaired) electrons. The van der Waals surface area contributed by atoms with E-state index >= 15 is 0 Å². The van der Waals surface area contributed by atoms with E-state index in [4.69, 9.17) is 4.74 Å². The second-order valence-corrected chi connectivity index (χ2v) is 5.38. The van der Waals surface area contributed by atoms with Gasteiger partial charge in [-0.3, -0.25) is 4.79 Å². The van der Waals surface area contributed by atoms with E-state index < -0.39 is 0 Å². The number of carbonyl (C=O) groups excluding carboxylic acids is 1. The molecular formula is C16H24N2O2. The number of hydrogen-bond acceptors (Lipinski definition) is 3. The van der Waals surface area contributed by atoms with Crippen molar-refractivity contribution in [3.63, 3.8) is 0 Å². The van der Waals surface area contributed by atoms with E-state index in [1.54, 1.807) is 7.11 Å². The molecule has 2 rings (SSSR count). The Labute approximate surface area is 120 Å². The molecule has 0 saturated heterocycles. The van der Waals surface area contributed by atoms with Gasteiger partial charge in [0.1, 0.15) is 0 Å². The normalized spacial score (nSPS) is 15.7. The van der Waals surface area contributed by atoms with E-state index in [1.807, 2.05) is 31.2 Å². The van der Waals surface area contributed by atoms with Crippen LogP contribution in [0.25, 0.3) is 0 Å². The van der Waals surface area contributed by atoms with Crippen LogP contribution in [-0.2, 0) is 4.74 Å². The maximum Gasteiger partial charge on any atom is 0.251 e. The van der Waals surface area contributed by atoms with Crippen molar-refractivity contribution in [2.75, 3.05) is 25.6 Å². The third-order valence-electron chi connectivity index (χ3n) is 3.55. The lowest BCUT2D eigenvalue weighted by atomic mass is 10.1. The van der Waals surface area contributed by atoms with Crippen molar-refractivity contribution in [3.8, 4) is 0 Å². The summed E-state index contributed by atoms with van der Waals surface area (Å²) >= 11 is 0. The highest BCUT2D eigenvalue weighted by molar-refractivity contribution is 5.95. The van der Waals surface area contributed by atoms with Crippen LogP contribution in [0.3, 0.4) is 0 Å². The predicted octanol–water partition coefficient (Wildman–Crippen LogP) is 2.66. The quantitative estimate of drug-likeness (QED) is 0.767. The predicted molar refractivity (Wildman–Crippen MR) is 81.1 cm³/mol. The molecule has 0 aliphatic heterocycles. The van der Waals surface area contributed by atoms with Gasteiger partial charge in [0.15, 0.2) is 0 Å². The number of nitrogens with one attached hydrogen (secondary N) is 2. The topological polar surface area (TPSA) is 50.4 Å². The molecule has 1 aromatic carbocycles. The second kappa shape index (κ2) is 7.29. The molecule has 1 unspecified atom stereocenters. The molecule has 1 saturated carbocycles. The molecule has 4 nitrogen and oxygen atoms in total. The molecule has 1 aromatic rings. The minimum atomic E-state index is -0.00906. The van der Waals surface area contributed by atoms with Crippen LogP contribution in [0.1, 0.15) is 36.5 Å². The molecular weight excluding hydrogens is 252 g/mol. The standard InChI is InChI=1S/C16H24N2O2/c1-3-9-17-16(19)13-5-4-6-14(10-13)18-15(11-20-2)12-7-8-12/h4-6,10,12,15,18H,3,7-9,11H2,1-2H3,(H,17,19). The van der Waals surface area contributed by atoms with Crippen molar-refractivity contribution in [3.05, 3.63) is 29.8 Å². The Bertz CT molecular complexity index is 444. The van der Waals surface area contributed by atoms with Crippen molar-refractivity contribution in [2.24, 2.45) is 5.92 Å². The lowest BCUT2D eigenvalue weighted by Gasteiger charge is -2.19. The minimum Gasteiger partial charge on any atom is -0.383 e. The first kappa shape index (κ1) is 14.9. The Morgan fingerprint density at radius 1 is 1.45 bits per heavy atom. The monoisotopic (exact) mass is 276 g/mol. The van der Waals surface area contributed by atoms with E-state index in [0.717, 1.165) is 12.1 Å². The van der Waals surface area contributed by atoms with Gasteiger partial charge in [-0.15, -0.1) is 0 Å². The molecule has 20 heavy (non-hydrogen) atoms. The molecule has 1 amide bonds. The molecule has 1 fully saturated rings. The largest absolute Gasteiger partial charge is 0.383 e. The number of anilines is 1. The van der Waals surface area contributed by atoms with Gasteiger partial charge < -0.3 is 15.4 Å². The summed E-state index contributed by atoms with van der Waals surface area (Å²) in [7, 11) is 1.73. The van der Waals surface area contributed by atoms with E-state index in [9.17, 15) is 4.79 Å². The third-order valence-corrected chi connectivity index (χ3v) is 3.55. The third kappa shape index (κ3) is 4.23. The lowest BCUT2D eigenvalue weighted by molar-refractivity contribution is 0.0953. The van der Waals surface area contributed by atoms with Crippen LogP contribution in [0.2, 0.25) is 0 Å². The zero-order valence-corrected chi connectivity index (χ0v) is 12.3. The Kier molecular flexibility index (Phi) is 5.41. The van der Waals surface area contributed by atoms with Gasteiger partial charge in [-0.1, -0.05) is 13.0 Å². The average Bonchev–Trinajstić information content (AvgIpc) is 3.29. The van der Waals surface area contributed by atoms with Gasteiger partial charge in [0.25, 0.3) is 5.91 Å². The number of amides is 1. The number of carbonyl (C=O) groups is 1. The summed E-state index contributed by atoms with van der Waals surface area (Å²) in [5.41, 5.74) is 1.69. The van der Waals surface area contributed by atoms with Gasteiger partial charge in [0.05, 0.1) is 12.6 Å². The molecule has 1 aliphatic rings. The average molecular weight is 276 g/mol. The number of rotatable bonds is 8. The van der Waals surface area contributed by atoms with Gasteiger partial charge in [0.2, 0.25) is 0 Å². The SMILES string of the molecule is CCCNC(=O)c1cccc(NC(COC)C2CC2)c1. The fourth-order valence-corrected chi connectivity index (χ4v) is 2.28. The fraction of sp³-hybridized carbons (Fsp3) is 0.562. The van der Waals surface area contributed by atoms with Gasteiger partial charge in [-0.25, -0.2) is 0 Å². The van der Waals surface area contributed by atoms with Crippen molar-refractivity contribution in [2.45, 2.75) is 32.2 Å². The van der Waals surface area contributed by atoms with E-state index in [-0.39, 0.29) is 5.91 Å². The number of hydrogen-bond donors (Lipinski definition) is 2. The van der Waals surface area contributed by atoms with Crippen molar-refractivity contribution >= 4 is 11.6 Å². The van der Waals surface area contributed by atoms with E-state index in [1.165, 1.54) is 12.8 Å². The maximum atomic E-state index is 11.9. The molecule has 0 bridgehead atoms. The van der Waals surface area contributed by atoms with Gasteiger partial charge in [-0.05, 0) is 43.4 Å². The summed E-state index contributed by atoms with van der Waals surface area (Å²) < 4.78 is 5.27. The summed E-state index contributed by atoms with van der Waals surface area (Å²) in [4.78, 5) is 11.9. The van der Waals surface area contributed by atoms with E-state index in [0.29, 0.717) is 30.7 Å². The van der Waals surface area contributed by atoms with Crippen LogP contribution in [-0.4, -0.2) is 32.2 Å². The zero-order valence-electron chi connectivity index (χ0n) is 12.3.